The Balaban J connectivity index is 3.99. The fourth-order valence-corrected chi connectivity index (χ4v) is 0.324. The maximum atomic E-state index is 10.9. The van der Waals surface area contributed by atoms with Crippen molar-refractivity contribution in [3.05, 3.63) is 11.8 Å². The third kappa shape index (κ3) is 3.51. The van der Waals surface area contributed by atoms with Crippen LogP contribution in [0.15, 0.2) is 11.8 Å². The van der Waals surface area contributed by atoms with Gasteiger partial charge in [-0.05, 0) is 39.0 Å². The van der Waals surface area contributed by atoms with Crippen molar-refractivity contribution in [1.29, 1.82) is 0 Å². The minimum Gasteiger partial charge on any atom is -0.414 e. The molecule has 0 aromatic carbocycles. The number of rotatable bonds is 1. The average Bonchev–Trinajstić information content (AvgIpc) is 1.60. The lowest BCUT2D eigenvalue weighted by Gasteiger charge is -2.14. The molecule has 10 heavy (non-hydrogen) atoms. The second-order valence-corrected chi connectivity index (χ2v) is 3.42. The topological polar surface area (TPSA) is 26.3 Å². The maximum absolute atomic E-state index is 10.9. The van der Waals surface area contributed by atoms with Gasteiger partial charge in [-0.1, -0.05) is 0 Å². The SMILES string of the molecule is C=C(Cl)OC(=O)C(C)(C)C. The van der Waals surface area contributed by atoms with Crippen molar-refractivity contribution in [3.63, 3.8) is 0 Å². The first-order chi connectivity index (χ1) is 4.34. The summed E-state index contributed by atoms with van der Waals surface area (Å²) in [4.78, 5) is 10.9. The van der Waals surface area contributed by atoms with Crippen LogP contribution in [0.1, 0.15) is 20.8 Å². The molecular weight excluding hydrogens is 152 g/mol. The standard InChI is InChI=1S/C7H11ClO2/c1-5(8)10-6(9)7(2,3)4/h1H2,2-4H3. The molecule has 0 heterocycles. The van der Waals surface area contributed by atoms with Gasteiger partial charge < -0.3 is 4.74 Å². The third-order valence-corrected chi connectivity index (χ3v) is 0.893. The Kier molecular flexibility index (Phi) is 2.91. The number of hydrogen-bond acceptors (Lipinski definition) is 2. The molecule has 2 nitrogen and oxygen atoms in total. The molecule has 0 N–H and O–H groups in total. The van der Waals surface area contributed by atoms with Crippen LogP contribution >= 0.6 is 11.6 Å². The Morgan fingerprint density at radius 3 is 2.00 bits per heavy atom. The van der Waals surface area contributed by atoms with Gasteiger partial charge in [0.2, 0.25) is 0 Å². The molecule has 3 heteroatoms. The summed E-state index contributed by atoms with van der Waals surface area (Å²) in [6.07, 6.45) is 0. The summed E-state index contributed by atoms with van der Waals surface area (Å²) >= 11 is 5.24. The van der Waals surface area contributed by atoms with Gasteiger partial charge in [0, 0.05) is 0 Å². The summed E-state index contributed by atoms with van der Waals surface area (Å²) in [5, 5.41) is -0.0834. The molecule has 0 aliphatic carbocycles. The second-order valence-electron chi connectivity index (χ2n) is 2.99. The van der Waals surface area contributed by atoms with Gasteiger partial charge in [0.15, 0.2) is 5.22 Å². The first-order valence-corrected chi connectivity index (χ1v) is 3.28. The van der Waals surface area contributed by atoms with Crippen LogP contribution in [0.4, 0.5) is 0 Å². The largest absolute Gasteiger partial charge is 0.414 e. The van der Waals surface area contributed by atoms with E-state index >= 15 is 0 Å². The molecule has 0 aromatic rings. The van der Waals surface area contributed by atoms with Crippen molar-refractivity contribution in [2.45, 2.75) is 20.8 Å². The molecule has 0 aliphatic rings. The van der Waals surface area contributed by atoms with Crippen LogP contribution in [0, 0.1) is 5.41 Å². The van der Waals surface area contributed by atoms with Crippen LogP contribution in [-0.4, -0.2) is 5.97 Å². The number of hydrogen-bond donors (Lipinski definition) is 0. The second kappa shape index (κ2) is 3.06. The zero-order chi connectivity index (χ0) is 8.36. The molecule has 0 saturated carbocycles. The molecule has 0 atom stereocenters. The van der Waals surface area contributed by atoms with Crippen LogP contribution in [-0.2, 0) is 9.53 Å². The molecule has 0 aliphatic heterocycles. The average molecular weight is 163 g/mol. The van der Waals surface area contributed by atoms with Gasteiger partial charge in [0.05, 0.1) is 5.41 Å². The lowest BCUT2D eigenvalue weighted by Crippen LogP contribution is -2.21. The molecule has 58 valence electrons. The Hall–Kier alpha value is -0.500. The quantitative estimate of drug-likeness (QED) is 0.437. The summed E-state index contributed by atoms with van der Waals surface area (Å²) in [5.74, 6) is -0.368. The van der Waals surface area contributed by atoms with E-state index in [4.69, 9.17) is 11.6 Å². The number of ether oxygens (including phenoxy) is 1. The minimum absolute atomic E-state index is 0.0834. The molecule has 0 rings (SSSR count). The van der Waals surface area contributed by atoms with E-state index in [-0.39, 0.29) is 11.2 Å². The van der Waals surface area contributed by atoms with E-state index in [0.717, 1.165) is 0 Å². The smallest absolute Gasteiger partial charge is 0.317 e. The summed E-state index contributed by atoms with van der Waals surface area (Å²) in [6, 6.07) is 0. The van der Waals surface area contributed by atoms with E-state index < -0.39 is 5.41 Å². The number of carbonyl (C=O) groups excluding carboxylic acids is 1. The summed E-state index contributed by atoms with van der Waals surface area (Å²) in [6.45, 7) is 8.47. The normalized spacial score (nSPS) is 10.8. The molecule has 0 amide bonds. The summed E-state index contributed by atoms with van der Waals surface area (Å²) in [7, 11) is 0. The van der Waals surface area contributed by atoms with E-state index in [1.54, 1.807) is 20.8 Å². The maximum Gasteiger partial charge on any atom is 0.317 e. The third-order valence-electron chi connectivity index (χ3n) is 0.816. The van der Waals surface area contributed by atoms with E-state index in [9.17, 15) is 4.79 Å². The van der Waals surface area contributed by atoms with Crippen molar-refractivity contribution >= 4 is 17.6 Å². The highest BCUT2D eigenvalue weighted by molar-refractivity contribution is 6.28. The highest BCUT2D eigenvalue weighted by Gasteiger charge is 2.23. The van der Waals surface area contributed by atoms with Gasteiger partial charge in [-0.2, -0.15) is 0 Å². The van der Waals surface area contributed by atoms with Gasteiger partial charge in [0.1, 0.15) is 0 Å². The molecule has 0 bridgehead atoms. The zero-order valence-electron chi connectivity index (χ0n) is 6.40. The van der Waals surface area contributed by atoms with Crippen molar-refractivity contribution in [3.8, 4) is 0 Å². The predicted molar refractivity (Wildman–Crippen MR) is 40.5 cm³/mol. The number of carbonyl (C=O) groups is 1. The molecule has 0 fully saturated rings. The van der Waals surface area contributed by atoms with E-state index in [1.165, 1.54) is 0 Å². The van der Waals surface area contributed by atoms with Gasteiger partial charge in [0.25, 0.3) is 0 Å². The highest BCUT2D eigenvalue weighted by Crippen LogP contribution is 2.17. The monoisotopic (exact) mass is 162 g/mol. The van der Waals surface area contributed by atoms with Crippen molar-refractivity contribution < 1.29 is 9.53 Å². The Morgan fingerprint density at radius 2 is 1.90 bits per heavy atom. The number of esters is 1. The van der Waals surface area contributed by atoms with Crippen molar-refractivity contribution in [2.75, 3.05) is 0 Å². The first kappa shape index (κ1) is 9.50. The van der Waals surface area contributed by atoms with Crippen LogP contribution in [0.2, 0.25) is 0 Å². The van der Waals surface area contributed by atoms with Crippen molar-refractivity contribution in [2.24, 2.45) is 5.41 Å². The minimum atomic E-state index is -0.516. The fraction of sp³-hybridized carbons (Fsp3) is 0.571. The lowest BCUT2D eigenvalue weighted by molar-refractivity contribution is -0.147. The van der Waals surface area contributed by atoms with Gasteiger partial charge in [-0.25, -0.2) is 0 Å². The van der Waals surface area contributed by atoms with Gasteiger partial charge >= 0.3 is 5.97 Å². The predicted octanol–water partition coefficient (Wildman–Crippen LogP) is 2.29. The van der Waals surface area contributed by atoms with Gasteiger partial charge in [-0.15, -0.1) is 0 Å². The van der Waals surface area contributed by atoms with E-state index in [2.05, 4.69) is 11.3 Å². The molecular formula is C7H11ClO2. The number of halogens is 1. The first-order valence-electron chi connectivity index (χ1n) is 2.90. The zero-order valence-corrected chi connectivity index (χ0v) is 7.16. The van der Waals surface area contributed by atoms with E-state index in [1.807, 2.05) is 0 Å². The Bertz CT molecular complexity index is 155. The molecule has 0 aromatic heterocycles. The summed E-state index contributed by atoms with van der Waals surface area (Å²) in [5.41, 5.74) is -0.516. The van der Waals surface area contributed by atoms with Crippen LogP contribution in [0.5, 0.6) is 0 Å². The van der Waals surface area contributed by atoms with E-state index in [0.29, 0.717) is 0 Å². The Morgan fingerprint density at radius 1 is 1.50 bits per heavy atom. The molecule has 0 radical (unpaired) electrons. The fourth-order valence-electron chi connectivity index (χ4n) is 0.254. The lowest BCUT2D eigenvalue weighted by atomic mass is 9.98. The molecule has 0 unspecified atom stereocenters. The van der Waals surface area contributed by atoms with Crippen LogP contribution < -0.4 is 0 Å². The van der Waals surface area contributed by atoms with Crippen LogP contribution in [0.3, 0.4) is 0 Å². The van der Waals surface area contributed by atoms with Crippen LogP contribution in [0.25, 0.3) is 0 Å². The summed E-state index contributed by atoms with van der Waals surface area (Å²) < 4.78 is 4.55. The van der Waals surface area contributed by atoms with Gasteiger partial charge in [-0.3, -0.25) is 4.79 Å². The highest BCUT2D eigenvalue weighted by atomic mass is 35.5. The van der Waals surface area contributed by atoms with Crippen molar-refractivity contribution in [1.82, 2.24) is 0 Å². The Labute approximate surface area is 65.8 Å². The molecule has 0 saturated heterocycles. The molecule has 0 spiro atoms.